The van der Waals surface area contributed by atoms with Crippen LogP contribution in [0.25, 0.3) is 0 Å². The number of hydrogen-bond acceptors (Lipinski definition) is 1. The van der Waals surface area contributed by atoms with Gasteiger partial charge in [0.25, 0.3) is 6.69 Å². The van der Waals surface area contributed by atoms with Gasteiger partial charge in [-0.25, -0.2) is 0 Å². The summed E-state index contributed by atoms with van der Waals surface area (Å²) in [4.78, 5) is 0. The number of hydrogen-bond donors (Lipinski definition) is 0. The third kappa shape index (κ3) is 5.45. The molecule has 0 aliphatic rings. The summed E-state index contributed by atoms with van der Waals surface area (Å²) in [5.41, 5.74) is 0. The fraction of sp³-hybridized carbons (Fsp3) is 0.571. The van der Waals surface area contributed by atoms with E-state index >= 15 is 0 Å². The zero-order valence-corrected chi connectivity index (χ0v) is 15.8. The highest BCUT2D eigenvalue weighted by molar-refractivity contribution is 7.50. The van der Waals surface area contributed by atoms with E-state index in [1.165, 1.54) is 0 Å². The maximum absolute atomic E-state index is 13.3. The Balaban J connectivity index is 2.60. The number of halogens is 11. The summed E-state index contributed by atoms with van der Waals surface area (Å²) in [5, 5.41) is 0.593. The van der Waals surface area contributed by atoms with Crippen LogP contribution in [-0.2, 0) is 4.74 Å². The lowest BCUT2D eigenvalue weighted by molar-refractivity contribution is -0.399. The highest BCUT2D eigenvalue weighted by atomic mass is 35.7. The van der Waals surface area contributed by atoms with Gasteiger partial charge in [-0.2, -0.15) is 39.5 Å². The first-order valence-electron chi connectivity index (χ1n) is 7.27. The molecule has 156 valence electrons. The molecule has 0 aromatic heterocycles. The molecule has 0 spiro atoms. The quantitative estimate of drug-likeness (QED) is 0.196. The Morgan fingerprint density at radius 3 is 1.81 bits per heavy atom. The molecule has 1 rings (SSSR count). The molecule has 0 heterocycles. The van der Waals surface area contributed by atoms with Crippen LogP contribution in [0.1, 0.15) is 6.42 Å². The molecule has 1 nitrogen and oxygen atoms in total. The van der Waals surface area contributed by atoms with E-state index in [-0.39, 0.29) is 12.5 Å². The van der Waals surface area contributed by atoms with Gasteiger partial charge in [0.05, 0.1) is 0 Å². The van der Waals surface area contributed by atoms with Crippen LogP contribution in [0.2, 0.25) is 6.04 Å². The van der Waals surface area contributed by atoms with E-state index < -0.39 is 43.9 Å². The summed E-state index contributed by atoms with van der Waals surface area (Å²) in [6.07, 6.45) is -6.94. The summed E-state index contributed by atoms with van der Waals surface area (Å²) < 4.78 is 118. The molecule has 13 heteroatoms. The van der Waals surface area contributed by atoms with Gasteiger partial charge in [-0.05, 0) is 17.7 Å². The highest BCUT2D eigenvalue weighted by Gasteiger charge is 2.81. The van der Waals surface area contributed by atoms with Crippen molar-refractivity contribution in [3.8, 4) is 0 Å². The third-order valence-corrected chi connectivity index (χ3v) is 8.07. The first-order valence-corrected chi connectivity index (χ1v) is 11.5. The second-order valence-electron chi connectivity index (χ2n) is 5.58. The molecule has 0 radical (unpaired) electrons. The second kappa shape index (κ2) is 8.38. The molecule has 0 aliphatic heterocycles. The molecule has 0 fully saturated rings. The van der Waals surface area contributed by atoms with E-state index in [4.69, 9.17) is 22.2 Å². The SMILES string of the molecule is FC(F)(F)C(F)(F)C(F)(F)C(F)(F)COCCC[Si](Cl)(Cl)c1ccccc1. The van der Waals surface area contributed by atoms with Crippen molar-refractivity contribution in [1.82, 2.24) is 0 Å². The Morgan fingerprint density at radius 1 is 0.815 bits per heavy atom. The minimum Gasteiger partial charge on any atom is -0.375 e. The minimum atomic E-state index is -6.92. The molecular formula is C14H13Cl2F9OSi. The van der Waals surface area contributed by atoms with Gasteiger partial charge in [-0.3, -0.25) is 0 Å². The Hall–Kier alpha value is -0.653. The van der Waals surface area contributed by atoms with Crippen molar-refractivity contribution in [2.45, 2.75) is 36.4 Å². The number of benzene rings is 1. The summed E-state index contributed by atoms with van der Waals surface area (Å²) in [6, 6.07) is 8.32. The molecule has 0 N–H and O–H groups in total. The average molecular weight is 467 g/mol. The normalized spacial score (nSPS) is 14.5. The predicted molar refractivity (Wildman–Crippen MR) is 84.7 cm³/mol. The molecule has 27 heavy (non-hydrogen) atoms. The van der Waals surface area contributed by atoms with Gasteiger partial charge in [0.2, 0.25) is 0 Å². The molecule has 0 saturated heterocycles. The van der Waals surface area contributed by atoms with Gasteiger partial charge in [-0.1, -0.05) is 30.3 Å². The van der Waals surface area contributed by atoms with E-state index in [9.17, 15) is 39.5 Å². The first kappa shape index (κ1) is 24.4. The van der Waals surface area contributed by atoms with Gasteiger partial charge in [0, 0.05) is 6.61 Å². The van der Waals surface area contributed by atoms with Crippen LogP contribution in [0.5, 0.6) is 0 Å². The maximum Gasteiger partial charge on any atom is 0.460 e. The van der Waals surface area contributed by atoms with E-state index in [0.29, 0.717) is 5.19 Å². The standard InChI is InChI=1S/C14H13Cl2F9OSi/c15-27(16,10-5-2-1-3-6-10)8-4-7-26-9-11(17,18)12(19,20)13(21,22)14(23,24)25/h1-3,5-6H,4,7-9H2. The van der Waals surface area contributed by atoms with Gasteiger partial charge in [0.15, 0.2) is 0 Å². The second-order valence-corrected chi connectivity index (χ2v) is 12.5. The van der Waals surface area contributed by atoms with Gasteiger partial charge in [0.1, 0.15) is 6.61 Å². The molecular weight excluding hydrogens is 454 g/mol. The fourth-order valence-electron chi connectivity index (χ4n) is 1.92. The van der Waals surface area contributed by atoms with E-state index in [1.807, 2.05) is 0 Å². The number of ether oxygens (including phenoxy) is 1. The van der Waals surface area contributed by atoms with Crippen LogP contribution >= 0.6 is 22.2 Å². The largest absolute Gasteiger partial charge is 0.460 e. The lowest BCUT2D eigenvalue weighted by Gasteiger charge is -2.33. The average Bonchev–Trinajstić information content (AvgIpc) is 2.53. The van der Waals surface area contributed by atoms with Gasteiger partial charge >= 0.3 is 23.9 Å². The van der Waals surface area contributed by atoms with Crippen molar-refractivity contribution in [2.75, 3.05) is 13.2 Å². The molecule has 0 amide bonds. The smallest absolute Gasteiger partial charge is 0.375 e. The van der Waals surface area contributed by atoms with Crippen LogP contribution < -0.4 is 5.19 Å². The van der Waals surface area contributed by atoms with Crippen LogP contribution in [0.15, 0.2) is 30.3 Å². The maximum atomic E-state index is 13.3. The molecule has 0 unspecified atom stereocenters. The van der Waals surface area contributed by atoms with Crippen molar-refractivity contribution in [3.63, 3.8) is 0 Å². The minimum absolute atomic E-state index is 0.0563. The topological polar surface area (TPSA) is 9.23 Å². The van der Waals surface area contributed by atoms with Gasteiger partial charge in [-0.15, -0.1) is 22.2 Å². The van der Waals surface area contributed by atoms with E-state index in [1.54, 1.807) is 30.3 Å². The van der Waals surface area contributed by atoms with Crippen molar-refractivity contribution in [3.05, 3.63) is 30.3 Å². The molecule has 0 atom stereocenters. The molecule has 0 bridgehead atoms. The Kier molecular flexibility index (Phi) is 7.57. The summed E-state index contributed by atoms with van der Waals surface area (Å²) in [5.74, 6) is -19.4. The van der Waals surface area contributed by atoms with Crippen LogP contribution in [0, 0.1) is 0 Å². The zero-order chi connectivity index (χ0) is 21.1. The lowest BCUT2D eigenvalue weighted by Crippen LogP contribution is -2.62. The summed E-state index contributed by atoms with van der Waals surface area (Å²) >= 11 is 12.3. The lowest BCUT2D eigenvalue weighted by atomic mass is 10.0. The fourth-order valence-corrected chi connectivity index (χ4v) is 5.04. The monoisotopic (exact) mass is 466 g/mol. The Morgan fingerprint density at radius 2 is 1.33 bits per heavy atom. The van der Waals surface area contributed by atoms with Crippen LogP contribution in [0.3, 0.4) is 0 Å². The zero-order valence-electron chi connectivity index (χ0n) is 13.3. The van der Waals surface area contributed by atoms with Crippen molar-refractivity contribution >= 4 is 34.0 Å². The first-order chi connectivity index (χ1) is 12.1. The summed E-state index contributed by atoms with van der Waals surface area (Å²) in [7, 11) is 0. The Bertz CT molecular complexity index is 608. The van der Waals surface area contributed by atoms with Crippen molar-refractivity contribution in [2.24, 2.45) is 0 Å². The molecule has 1 aromatic carbocycles. The number of rotatable bonds is 9. The molecule has 0 aliphatic carbocycles. The molecule has 0 saturated carbocycles. The predicted octanol–water partition coefficient (Wildman–Crippen LogP) is 5.69. The van der Waals surface area contributed by atoms with Crippen molar-refractivity contribution < 1.29 is 44.3 Å². The van der Waals surface area contributed by atoms with E-state index in [0.717, 1.165) is 0 Å². The van der Waals surface area contributed by atoms with Crippen LogP contribution in [0.4, 0.5) is 39.5 Å². The third-order valence-electron chi connectivity index (χ3n) is 3.47. The molecule has 1 aromatic rings. The highest BCUT2D eigenvalue weighted by Crippen LogP contribution is 2.53. The van der Waals surface area contributed by atoms with Crippen LogP contribution in [-0.4, -0.2) is 43.9 Å². The Labute approximate surface area is 158 Å². The summed E-state index contributed by atoms with van der Waals surface area (Å²) in [6.45, 7) is -5.96. The van der Waals surface area contributed by atoms with Gasteiger partial charge < -0.3 is 4.74 Å². The number of alkyl halides is 9. The van der Waals surface area contributed by atoms with Crippen molar-refractivity contribution in [1.29, 1.82) is 0 Å². The van der Waals surface area contributed by atoms with E-state index in [2.05, 4.69) is 4.74 Å².